The van der Waals surface area contributed by atoms with Gasteiger partial charge in [-0.2, -0.15) is 13.2 Å². The van der Waals surface area contributed by atoms with Gasteiger partial charge >= 0.3 is 12.1 Å². The van der Waals surface area contributed by atoms with Gasteiger partial charge in [-0.05, 0) is 17.9 Å². The van der Waals surface area contributed by atoms with E-state index >= 15 is 0 Å². The summed E-state index contributed by atoms with van der Waals surface area (Å²) >= 11 is 1.07. The fourth-order valence-electron chi connectivity index (χ4n) is 1.19. The third kappa shape index (κ3) is 5.18. The van der Waals surface area contributed by atoms with E-state index in [1.165, 1.54) is 0 Å². The lowest BCUT2D eigenvalue weighted by molar-refractivity contribution is -0.138. The van der Waals surface area contributed by atoms with E-state index in [1.807, 2.05) is 0 Å². The molecule has 0 atom stereocenters. The number of carbonyl (C=O) groups is 1. The van der Waals surface area contributed by atoms with Crippen molar-refractivity contribution in [3.63, 3.8) is 0 Å². The number of alkyl halides is 3. The summed E-state index contributed by atoms with van der Waals surface area (Å²) in [5.41, 5.74) is 0.495. The predicted molar refractivity (Wildman–Crippen MR) is 56.2 cm³/mol. The van der Waals surface area contributed by atoms with Crippen LogP contribution in [0.25, 0.3) is 0 Å². The lowest BCUT2D eigenvalue weighted by Crippen LogP contribution is -2.09. The number of halogens is 3. The molecule has 0 aliphatic heterocycles. The molecule has 0 spiro atoms. The van der Waals surface area contributed by atoms with Crippen molar-refractivity contribution in [2.24, 2.45) is 0 Å². The van der Waals surface area contributed by atoms with Crippen LogP contribution < -0.4 is 0 Å². The Morgan fingerprint density at radius 3 is 2.76 bits per heavy atom. The zero-order valence-corrected chi connectivity index (χ0v) is 9.61. The molecule has 0 saturated heterocycles. The van der Waals surface area contributed by atoms with Crippen LogP contribution in [0.15, 0.2) is 11.4 Å². The Morgan fingerprint density at radius 1 is 1.47 bits per heavy atom. The number of hydrogen-bond acceptors (Lipinski definition) is 3. The van der Waals surface area contributed by atoms with Crippen LogP contribution in [-0.2, 0) is 11.3 Å². The lowest BCUT2D eigenvalue weighted by atomic mass is 10.3. The van der Waals surface area contributed by atoms with E-state index in [1.54, 1.807) is 11.4 Å². The Kier molecular flexibility index (Phi) is 4.95. The molecule has 1 aromatic rings. The van der Waals surface area contributed by atoms with Gasteiger partial charge in [0, 0.05) is 18.6 Å². The first-order chi connectivity index (χ1) is 7.90. The van der Waals surface area contributed by atoms with Gasteiger partial charge in [0.15, 0.2) is 0 Å². The molecule has 0 amide bonds. The highest BCUT2D eigenvalue weighted by atomic mass is 32.1. The third-order valence-corrected chi connectivity index (χ3v) is 2.89. The van der Waals surface area contributed by atoms with Gasteiger partial charge in [0.05, 0.1) is 6.61 Å². The molecule has 0 aliphatic carbocycles. The summed E-state index contributed by atoms with van der Waals surface area (Å²) in [4.78, 5) is 10.9. The van der Waals surface area contributed by atoms with Gasteiger partial charge in [0.2, 0.25) is 0 Å². The van der Waals surface area contributed by atoms with Gasteiger partial charge in [-0.3, -0.25) is 0 Å². The molecule has 0 saturated carbocycles. The second kappa shape index (κ2) is 6.02. The van der Waals surface area contributed by atoms with Crippen LogP contribution in [0.2, 0.25) is 0 Å². The normalized spacial score (nSPS) is 11.7. The Bertz CT molecular complexity index is 373. The summed E-state index contributed by atoms with van der Waals surface area (Å²) in [6.07, 6.45) is -5.17. The first-order valence-electron chi connectivity index (χ1n) is 4.84. The summed E-state index contributed by atoms with van der Waals surface area (Å²) < 4.78 is 40.4. The SMILES string of the molecule is O=C(O)c1sccc1COCCCC(F)(F)F. The van der Waals surface area contributed by atoms with Gasteiger partial charge in [-0.1, -0.05) is 0 Å². The van der Waals surface area contributed by atoms with Crippen LogP contribution in [0.3, 0.4) is 0 Å². The van der Waals surface area contributed by atoms with E-state index in [0.29, 0.717) is 5.56 Å². The fourth-order valence-corrected chi connectivity index (χ4v) is 1.94. The molecule has 96 valence electrons. The monoisotopic (exact) mass is 268 g/mol. The number of thiophene rings is 1. The van der Waals surface area contributed by atoms with E-state index in [9.17, 15) is 18.0 Å². The zero-order chi connectivity index (χ0) is 12.9. The van der Waals surface area contributed by atoms with Crippen molar-refractivity contribution in [3.05, 3.63) is 21.9 Å². The van der Waals surface area contributed by atoms with Crippen LogP contribution >= 0.6 is 11.3 Å². The molecular weight excluding hydrogens is 257 g/mol. The average molecular weight is 268 g/mol. The molecule has 17 heavy (non-hydrogen) atoms. The van der Waals surface area contributed by atoms with Gasteiger partial charge < -0.3 is 9.84 Å². The molecule has 1 aromatic heterocycles. The number of ether oxygens (including phenoxy) is 1. The molecule has 0 aliphatic rings. The van der Waals surface area contributed by atoms with Crippen LogP contribution in [0.4, 0.5) is 13.2 Å². The van der Waals surface area contributed by atoms with Crippen LogP contribution in [0.1, 0.15) is 28.1 Å². The van der Waals surface area contributed by atoms with Gasteiger partial charge in [0.25, 0.3) is 0 Å². The summed E-state index contributed by atoms with van der Waals surface area (Å²) in [6, 6.07) is 1.60. The third-order valence-electron chi connectivity index (χ3n) is 1.95. The van der Waals surface area contributed by atoms with Gasteiger partial charge in [-0.25, -0.2) is 4.79 Å². The Labute approximate surface area is 99.8 Å². The van der Waals surface area contributed by atoms with Crippen molar-refractivity contribution in [1.29, 1.82) is 0 Å². The Morgan fingerprint density at radius 2 is 2.18 bits per heavy atom. The molecule has 0 bridgehead atoms. The maximum Gasteiger partial charge on any atom is 0.389 e. The van der Waals surface area contributed by atoms with E-state index in [-0.39, 0.29) is 24.5 Å². The molecule has 1 N–H and O–H groups in total. The second-order valence-electron chi connectivity index (χ2n) is 3.35. The number of carboxylic acids is 1. The topological polar surface area (TPSA) is 46.5 Å². The minimum absolute atomic E-state index is 0.0307. The molecular formula is C10H11F3O3S. The van der Waals surface area contributed by atoms with Gasteiger partial charge in [0.1, 0.15) is 4.88 Å². The number of rotatable bonds is 6. The first-order valence-corrected chi connectivity index (χ1v) is 5.72. The molecule has 1 heterocycles. The Hall–Kier alpha value is -1.08. The average Bonchev–Trinajstić information content (AvgIpc) is 2.63. The molecule has 0 unspecified atom stereocenters. The van der Waals surface area contributed by atoms with Crippen LogP contribution in [0, 0.1) is 0 Å². The summed E-state index contributed by atoms with van der Waals surface area (Å²) in [7, 11) is 0. The second-order valence-corrected chi connectivity index (χ2v) is 4.27. The van der Waals surface area contributed by atoms with Crippen molar-refractivity contribution in [2.45, 2.75) is 25.6 Å². The molecule has 0 aromatic carbocycles. The van der Waals surface area contributed by atoms with E-state index in [4.69, 9.17) is 9.84 Å². The van der Waals surface area contributed by atoms with Crippen LogP contribution in [0.5, 0.6) is 0 Å². The maximum absolute atomic E-state index is 11.8. The molecule has 7 heteroatoms. The fraction of sp³-hybridized carbons (Fsp3) is 0.500. The maximum atomic E-state index is 11.8. The largest absolute Gasteiger partial charge is 0.477 e. The molecule has 1 rings (SSSR count). The smallest absolute Gasteiger partial charge is 0.389 e. The molecule has 3 nitrogen and oxygen atoms in total. The summed E-state index contributed by atoms with van der Waals surface area (Å²) in [5, 5.41) is 10.4. The van der Waals surface area contributed by atoms with Crippen molar-refractivity contribution in [1.82, 2.24) is 0 Å². The van der Waals surface area contributed by atoms with E-state index in [2.05, 4.69) is 0 Å². The predicted octanol–water partition coefficient (Wildman–Crippen LogP) is 3.31. The minimum Gasteiger partial charge on any atom is -0.477 e. The quantitative estimate of drug-likeness (QED) is 0.805. The van der Waals surface area contributed by atoms with Crippen molar-refractivity contribution >= 4 is 17.3 Å². The summed E-state index contributed by atoms with van der Waals surface area (Å²) in [5.74, 6) is -1.05. The van der Waals surface area contributed by atoms with Crippen molar-refractivity contribution in [3.8, 4) is 0 Å². The highest BCUT2D eigenvalue weighted by Gasteiger charge is 2.25. The molecule has 0 radical (unpaired) electrons. The van der Waals surface area contributed by atoms with E-state index in [0.717, 1.165) is 11.3 Å². The highest BCUT2D eigenvalue weighted by Crippen LogP contribution is 2.22. The Balaban J connectivity index is 2.27. The van der Waals surface area contributed by atoms with Gasteiger partial charge in [-0.15, -0.1) is 11.3 Å². The van der Waals surface area contributed by atoms with Crippen molar-refractivity contribution < 1.29 is 27.8 Å². The minimum atomic E-state index is -4.17. The van der Waals surface area contributed by atoms with Crippen LogP contribution in [-0.4, -0.2) is 23.9 Å². The standard InChI is InChI=1S/C10H11F3O3S/c11-10(12,13)3-1-4-16-6-7-2-5-17-8(7)9(14)15/h2,5H,1,3-4,6H2,(H,14,15). The number of hydrogen-bond donors (Lipinski definition) is 1. The van der Waals surface area contributed by atoms with Crippen molar-refractivity contribution in [2.75, 3.05) is 6.61 Å². The number of aromatic carboxylic acids is 1. The van der Waals surface area contributed by atoms with E-state index < -0.39 is 18.6 Å². The lowest BCUT2D eigenvalue weighted by Gasteiger charge is -2.06. The number of carboxylic acid groups (broad SMARTS) is 1. The zero-order valence-electron chi connectivity index (χ0n) is 8.79. The molecule has 0 fully saturated rings. The first kappa shape index (κ1) is 14.0. The highest BCUT2D eigenvalue weighted by molar-refractivity contribution is 7.12. The summed E-state index contributed by atoms with van der Waals surface area (Å²) in [6.45, 7) is -0.00257.